The highest BCUT2D eigenvalue weighted by Crippen LogP contribution is 2.30. The Morgan fingerprint density at radius 1 is 1.12 bits per heavy atom. The summed E-state index contributed by atoms with van der Waals surface area (Å²) in [6.07, 6.45) is -4.60. The Bertz CT molecular complexity index is 1230. The van der Waals surface area contributed by atoms with Crippen molar-refractivity contribution in [2.75, 3.05) is 0 Å². The highest BCUT2D eigenvalue weighted by atomic mass is 32.2. The molecule has 0 fully saturated rings. The van der Waals surface area contributed by atoms with Gasteiger partial charge in [-0.05, 0) is 30.5 Å². The molecule has 1 unspecified atom stereocenters. The zero-order chi connectivity index (χ0) is 24.9. The third-order valence-corrected chi connectivity index (χ3v) is 7.11. The molecule has 3 rings (SSSR count). The van der Waals surface area contributed by atoms with Crippen molar-refractivity contribution in [1.29, 1.82) is 0 Å². The number of carbonyl (C=O) groups excluding carboxylic acids is 1. The van der Waals surface area contributed by atoms with Gasteiger partial charge in [-0.3, -0.25) is 4.79 Å². The number of nitrogens with zero attached hydrogens (tertiary/aromatic N) is 1. The molecule has 182 valence electrons. The van der Waals surface area contributed by atoms with Gasteiger partial charge in [0.25, 0.3) is 0 Å². The molecule has 1 N–H and O–H groups in total. The molecule has 0 aliphatic rings. The lowest BCUT2D eigenvalue weighted by atomic mass is 10.1. The summed E-state index contributed by atoms with van der Waals surface area (Å²) in [5, 5.41) is 2.48. The van der Waals surface area contributed by atoms with Gasteiger partial charge in [0.15, 0.2) is 0 Å². The molecule has 0 aliphatic heterocycles. The summed E-state index contributed by atoms with van der Waals surface area (Å²) in [4.78, 5) is 16.5. The lowest BCUT2D eigenvalue weighted by Crippen LogP contribution is -2.42. The molecule has 0 aliphatic carbocycles. The van der Waals surface area contributed by atoms with Crippen LogP contribution in [0.2, 0.25) is 0 Å². The smallest absolute Gasteiger partial charge is 0.416 e. The highest BCUT2D eigenvalue weighted by Gasteiger charge is 2.33. The Balaban J connectivity index is 1.72. The molecule has 0 saturated carbocycles. The summed E-state index contributed by atoms with van der Waals surface area (Å²) >= 11 is 1.38. The van der Waals surface area contributed by atoms with Crippen LogP contribution in [-0.4, -0.2) is 25.4 Å². The summed E-state index contributed by atoms with van der Waals surface area (Å²) < 4.78 is 72.0. The van der Waals surface area contributed by atoms with Crippen LogP contribution in [0.4, 0.5) is 13.2 Å². The number of benzene rings is 2. The van der Waals surface area contributed by atoms with Crippen LogP contribution in [0.25, 0.3) is 10.6 Å². The first-order valence-electron chi connectivity index (χ1n) is 10.3. The quantitative estimate of drug-likeness (QED) is 0.395. The molecule has 3 aromatic rings. The average molecular weight is 513 g/mol. The van der Waals surface area contributed by atoms with E-state index in [1.807, 2.05) is 30.3 Å². The lowest BCUT2D eigenvalue weighted by molar-refractivity contribution is -0.147. The molecule has 11 heteroatoms. The number of thiazole rings is 1. The summed E-state index contributed by atoms with van der Waals surface area (Å²) in [6.45, 7) is 3.40. The van der Waals surface area contributed by atoms with E-state index in [0.717, 1.165) is 28.8 Å². The minimum Gasteiger partial charge on any atom is -0.458 e. The number of esters is 1. The molecule has 6 nitrogen and oxygen atoms in total. The molecule has 0 bridgehead atoms. The largest absolute Gasteiger partial charge is 0.458 e. The van der Waals surface area contributed by atoms with Gasteiger partial charge < -0.3 is 4.74 Å². The van der Waals surface area contributed by atoms with Gasteiger partial charge in [0, 0.05) is 10.9 Å². The van der Waals surface area contributed by atoms with E-state index in [1.165, 1.54) is 11.3 Å². The van der Waals surface area contributed by atoms with Crippen molar-refractivity contribution < 1.29 is 31.1 Å². The normalized spacial score (nSPS) is 13.1. The van der Waals surface area contributed by atoms with Crippen molar-refractivity contribution in [3.8, 4) is 10.6 Å². The first kappa shape index (κ1) is 25.9. The second-order valence-electron chi connectivity index (χ2n) is 7.95. The molecule has 0 spiro atoms. The van der Waals surface area contributed by atoms with Gasteiger partial charge in [0.1, 0.15) is 17.7 Å². The molecule has 0 saturated heterocycles. The van der Waals surface area contributed by atoms with Crippen LogP contribution in [0.1, 0.15) is 31.5 Å². The lowest BCUT2D eigenvalue weighted by Gasteiger charge is -2.19. The van der Waals surface area contributed by atoms with Crippen LogP contribution in [0.3, 0.4) is 0 Å². The molecular formula is C23H23F3N2O4S2. The van der Waals surface area contributed by atoms with Gasteiger partial charge in [0.2, 0.25) is 10.0 Å². The van der Waals surface area contributed by atoms with Crippen LogP contribution < -0.4 is 4.72 Å². The van der Waals surface area contributed by atoms with Crippen LogP contribution in [-0.2, 0) is 32.3 Å². The topological polar surface area (TPSA) is 85.4 Å². The Morgan fingerprint density at radius 2 is 1.82 bits per heavy atom. The monoisotopic (exact) mass is 512 g/mol. The van der Waals surface area contributed by atoms with E-state index in [0.29, 0.717) is 11.8 Å². The van der Waals surface area contributed by atoms with Crippen LogP contribution >= 0.6 is 11.3 Å². The molecule has 34 heavy (non-hydrogen) atoms. The van der Waals surface area contributed by atoms with Crippen molar-refractivity contribution in [3.05, 3.63) is 71.2 Å². The molecular weight excluding hydrogens is 489 g/mol. The van der Waals surface area contributed by atoms with Crippen molar-refractivity contribution in [2.24, 2.45) is 5.92 Å². The Hall–Kier alpha value is -2.76. The first-order chi connectivity index (χ1) is 16.0. The fraction of sp³-hybridized carbons (Fsp3) is 0.304. The number of rotatable bonds is 9. The van der Waals surface area contributed by atoms with Crippen LogP contribution in [0.15, 0.2) is 64.9 Å². The van der Waals surface area contributed by atoms with Gasteiger partial charge in [-0.2, -0.15) is 17.9 Å². The molecule has 1 heterocycles. The minimum atomic E-state index is -4.70. The van der Waals surface area contributed by atoms with Crippen molar-refractivity contribution in [2.45, 2.75) is 44.0 Å². The second kappa shape index (κ2) is 10.7. The first-order valence-corrected chi connectivity index (χ1v) is 12.7. The maximum absolute atomic E-state index is 13.0. The predicted molar refractivity (Wildman–Crippen MR) is 122 cm³/mol. The third-order valence-electron chi connectivity index (χ3n) is 4.70. The predicted octanol–water partition coefficient (Wildman–Crippen LogP) is 5.27. The third kappa shape index (κ3) is 6.87. The van der Waals surface area contributed by atoms with Crippen molar-refractivity contribution >= 4 is 27.3 Å². The summed E-state index contributed by atoms with van der Waals surface area (Å²) in [5.41, 5.74) is 0.314. The number of hydrogen-bond acceptors (Lipinski definition) is 6. The minimum absolute atomic E-state index is 0.0919. The fourth-order valence-corrected chi connectivity index (χ4v) is 5.14. The van der Waals surface area contributed by atoms with E-state index in [2.05, 4.69) is 9.71 Å². The number of hydrogen-bond donors (Lipinski definition) is 1. The zero-order valence-corrected chi connectivity index (χ0v) is 20.0. The Morgan fingerprint density at radius 3 is 2.47 bits per heavy atom. The molecule has 2 aromatic carbocycles. The number of halogens is 3. The van der Waals surface area contributed by atoms with Crippen LogP contribution in [0, 0.1) is 5.92 Å². The van der Waals surface area contributed by atoms with E-state index in [4.69, 9.17) is 4.74 Å². The maximum atomic E-state index is 13.0. The second-order valence-corrected chi connectivity index (χ2v) is 10.5. The summed E-state index contributed by atoms with van der Waals surface area (Å²) in [6, 6.07) is 11.5. The number of alkyl halides is 3. The van der Waals surface area contributed by atoms with E-state index in [9.17, 15) is 26.4 Å². The van der Waals surface area contributed by atoms with E-state index < -0.39 is 38.7 Å². The van der Waals surface area contributed by atoms with E-state index >= 15 is 0 Å². The number of ether oxygens (including phenoxy) is 1. The Kier molecular flexibility index (Phi) is 8.11. The Labute approximate surface area is 199 Å². The van der Waals surface area contributed by atoms with Gasteiger partial charge in [0.05, 0.1) is 16.2 Å². The fourth-order valence-electron chi connectivity index (χ4n) is 3.09. The van der Waals surface area contributed by atoms with Gasteiger partial charge in [-0.25, -0.2) is 13.4 Å². The number of carbonyl (C=O) groups is 1. The molecule has 0 amide bonds. The standard InChI is InChI=1S/C23H23F3N2O4S2/c1-15(2)11-20(28-34(30,31)19-10-6-9-17(12-19)23(24,25)26)22(29)32-13-18-14-33-21(27-18)16-7-4-3-5-8-16/h3-10,12,14-15,20,28H,11,13H2,1-2H3. The maximum Gasteiger partial charge on any atom is 0.416 e. The van der Waals surface area contributed by atoms with Crippen molar-refractivity contribution in [3.63, 3.8) is 0 Å². The van der Waals surface area contributed by atoms with Crippen LogP contribution in [0.5, 0.6) is 0 Å². The molecule has 1 aromatic heterocycles. The molecule has 1 atom stereocenters. The highest BCUT2D eigenvalue weighted by molar-refractivity contribution is 7.89. The number of aromatic nitrogens is 1. The van der Waals surface area contributed by atoms with Gasteiger partial charge >= 0.3 is 12.1 Å². The number of nitrogens with one attached hydrogen (secondary N) is 1. The summed E-state index contributed by atoms with van der Waals surface area (Å²) in [5.74, 6) is -0.927. The van der Waals surface area contributed by atoms with E-state index in [-0.39, 0.29) is 18.9 Å². The average Bonchev–Trinajstić information content (AvgIpc) is 3.26. The molecule has 0 radical (unpaired) electrons. The zero-order valence-electron chi connectivity index (χ0n) is 18.4. The SMILES string of the molecule is CC(C)CC(NS(=O)(=O)c1cccc(C(F)(F)F)c1)C(=O)OCc1csc(-c2ccccc2)n1. The van der Waals surface area contributed by atoms with Gasteiger partial charge in [-0.1, -0.05) is 50.2 Å². The van der Waals surface area contributed by atoms with Crippen molar-refractivity contribution in [1.82, 2.24) is 9.71 Å². The van der Waals surface area contributed by atoms with Gasteiger partial charge in [-0.15, -0.1) is 11.3 Å². The summed E-state index contributed by atoms with van der Waals surface area (Å²) in [7, 11) is -4.41. The number of sulfonamides is 1. The van der Waals surface area contributed by atoms with E-state index in [1.54, 1.807) is 19.2 Å².